The summed E-state index contributed by atoms with van der Waals surface area (Å²) in [7, 11) is 2.75. The van der Waals surface area contributed by atoms with Gasteiger partial charge in [-0.05, 0) is 18.2 Å². The van der Waals surface area contributed by atoms with Gasteiger partial charge in [0.25, 0.3) is 11.6 Å². The number of amides is 1. The molecule has 2 rings (SSSR count). The molecule has 1 amide bonds. The second-order valence-electron chi connectivity index (χ2n) is 5.32. The summed E-state index contributed by atoms with van der Waals surface area (Å²) in [6.07, 6.45) is 2.21. The summed E-state index contributed by atoms with van der Waals surface area (Å²) in [5.41, 5.74) is 0.497. The van der Waals surface area contributed by atoms with Crippen LogP contribution in [-0.2, 0) is 11.2 Å². The SMILES string of the molecule is COC(=O)c1cc(C(=O)N(C)CCc2ccccn2)cc([N+](=O)[O-])c1. The lowest BCUT2D eigenvalue weighted by Crippen LogP contribution is -2.29. The monoisotopic (exact) mass is 343 g/mol. The van der Waals surface area contributed by atoms with E-state index in [1.807, 2.05) is 12.1 Å². The number of hydrogen-bond acceptors (Lipinski definition) is 6. The summed E-state index contributed by atoms with van der Waals surface area (Å²) < 4.78 is 4.58. The normalized spacial score (nSPS) is 10.2. The van der Waals surface area contributed by atoms with Crippen LogP contribution in [0.25, 0.3) is 0 Å². The summed E-state index contributed by atoms with van der Waals surface area (Å²) in [6, 6.07) is 9.02. The number of nitro groups is 1. The number of aromatic nitrogens is 1. The molecule has 0 radical (unpaired) electrons. The Bertz CT molecular complexity index is 792. The van der Waals surface area contributed by atoms with E-state index in [9.17, 15) is 19.7 Å². The standard InChI is InChI=1S/C17H17N3O5/c1-19(8-6-14-5-3-4-7-18-14)16(21)12-9-13(17(22)25-2)11-15(10-12)20(23)24/h3-5,7,9-11H,6,8H2,1-2H3. The van der Waals surface area contributed by atoms with E-state index in [0.29, 0.717) is 13.0 Å². The highest BCUT2D eigenvalue weighted by Gasteiger charge is 2.20. The fourth-order valence-electron chi connectivity index (χ4n) is 2.23. The van der Waals surface area contributed by atoms with Crippen molar-refractivity contribution in [3.05, 3.63) is 69.5 Å². The zero-order valence-electron chi connectivity index (χ0n) is 13.8. The fraction of sp³-hybridized carbons (Fsp3) is 0.235. The number of benzene rings is 1. The lowest BCUT2D eigenvalue weighted by atomic mass is 10.1. The van der Waals surface area contributed by atoms with Crippen molar-refractivity contribution >= 4 is 17.6 Å². The predicted octanol–water partition coefficient (Wildman–Crippen LogP) is 2.09. The molecular weight excluding hydrogens is 326 g/mol. The third kappa shape index (κ3) is 4.60. The van der Waals surface area contributed by atoms with Crippen LogP contribution in [0.1, 0.15) is 26.4 Å². The Morgan fingerprint density at radius 1 is 1.24 bits per heavy atom. The summed E-state index contributed by atoms with van der Waals surface area (Å²) in [4.78, 5) is 40.2. The maximum absolute atomic E-state index is 12.5. The maximum atomic E-state index is 12.5. The minimum absolute atomic E-state index is 0.0434. The topological polar surface area (TPSA) is 103 Å². The molecule has 2 aromatic rings. The number of esters is 1. The number of nitro benzene ring substituents is 1. The molecule has 0 unspecified atom stereocenters. The van der Waals surface area contributed by atoms with Gasteiger partial charge in [-0.2, -0.15) is 0 Å². The molecule has 130 valence electrons. The van der Waals surface area contributed by atoms with Crippen molar-refractivity contribution in [1.82, 2.24) is 9.88 Å². The number of rotatable bonds is 6. The van der Waals surface area contributed by atoms with E-state index in [1.165, 1.54) is 18.1 Å². The average molecular weight is 343 g/mol. The van der Waals surface area contributed by atoms with Crippen molar-refractivity contribution < 1.29 is 19.2 Å². The first-order valence-electron chi connectivity index (χ1n) is 7.45. The molecule has 1 aromatic heterocycles. The van der Waals surface area contributed by atoms with Crippen molar-refractivity contribution in [3.63, 3.8) is 0 Å². The molecule has 0 N–H and O–H groups in total. The highest BCUT2D eigenvalue weighted by molar-refractivity contribution is 5.98. The molecule has 0 aliphatic heterocycles. The minimum atomic E-state index is -0.742. The molecule has 8 heteroatoms. The number of methoxy groups -OCH3 is 1. The second kappa shape index (κ2) is 8.00. The lowest BCUT2D eigenvalue weighted by Gasteiger charge is -2.17. The first-order valence-corrected chi connectivity index (χ1v) is 7.45. The molecular formula is C17H17N3O5. The largest absolute Gasteiger partial charge is 0.465 e. The van der Waals surface area contributed by atoms with Crippen LogP contribution in [0.3, 0.4) is 0 Å². The Morgan fingerprint density at radius 3 is 2.56 bits per heavy atom. The third-order valence-corrected chi connectivity index (χ3v) is 3.57. The number of ether oxygens (including phenoxy) is 1. The fourth-order valence-corrected chi connectivity index (χ4v) is 2.23. The molecule has 0 aliphatic rings. The molecule has 0 spiro atoms. The van der Waals surface area contributed by atoms with E-state index in [1.54, 1.807) is 19.3 Å². The van der Waals surface area contributed by atoms with Gasteiger partial charge in [-0.3, -0.25) is 19.9 Å². The molecule has 0 saturated heterocycles. The van der Waals surface area contributed by atoms with Gasteiger partial charge in [-0.1, -0.05) is 6.07 Å². The van der Waals surface area contributed by atoms with E-state index in [4.69, 9.17) is 0 Å². The third-order valence-electron chi connectivity index (χ3n) is 3.57. The van der Waals surface area contributed by atoms with Crippen LogP contribution in [0, 0.1) is 10.1 Å². The molecule has 1 heterocycles. The van der Waals surface area contributed by atoms with Gasteiger partial charge in [0.05, 0.1) is 17.6 Å². The highest BCUT2D eigenvalue weighted by Crippen LogP contribution is 2.19. The Labute approximate surface area is 144 Å². The van der Waals surface area contributed by atoms with Crippen LogP contribution < -0.4 is 0 Å². The van der Waals surface area contributed by atoms with E-state index >= 15 is 0 Å². The van der Waals surface area contributed by atoms with Gasteiger partial charge in [0.2, 0.25) is 0 Å². The highest BCUT2D eigenvalue weighted by atomic mass is 16.6. The lowest BCUT2D eigenvalue weighted by molar-refractivity contribution is -0.384. The number of carbonyl (C=O) groups excluding carboxylic acids is 2. The van der Waals surface area contributed by atoms with E-state index in [-0.39, 0.29) is 16.8 Å². The predicted molar refractivity (Wildman–Crippen MR) is 89.3 cm³/mol. The number of likely N-dealkylation sites (N-methyl/N-ethyl adjacent to an activating group) is 1. The van der Waals surface area contributed by atoms with Crippen LogP contribution in [0.15, 0.2) is 42.6 Å². The smallest absolute Gasteiger partial charge is 0.338 e. The van der Waals surface area contributed by atoms with E-state index in [0.717, 1.165) is 17.8 Å². The number of carbonyl (C=O) groups is 2. The van der Waals surface area contributed by atoms with E-state index in [2.05, 4.69) is 9.72 Å². The Balaban J connectivity index is 2.20. The van der Waals surface area contributed by atoms with Crippen molar-refractivity contribution in [2.75, 3.05) is 20.7 Å². The van der Waals surface area contributed by atoms with Gasteiger partial charge in [0, 0.05) is 49.6 Å². The van der Waals surface area contributed by atoms with Gasteiger partial charge in [0.1, 0.15) is 0 Å². The first kappa shape index (κ1) is 18.1. The molecule has 1 aromatic carbocycles. The average Bonchev–Trinajstić information content (AvgIpc) is 2.65. The van der Waals surface area contributed by atoms with Crippen LogP contribution in [0.2, 0.25) is 0 Å². The van der Waals surface area contributed by atoms with Gasteiger partial charge >= 0.3 is 5.97 Å². The molecule has 0 bridgehead atoms. The van der Waals surface area contributed by atoms with Gasteiger partial charge in [-0.15, -0.1) is 0 Å². The number of nitrogens with zero attached hydrogens (tertiary/aromatic N) is 3. The Kier molecular flexibility index (Phi) is 5.78. The Morgan fingerprint density at radius 2 is 1.96 bits per heavy atom. The van der Waals surface area contributed by atoms with Crippen molar-refractivity contribution in [3.8, 4) is 0 Å². The molecule has 0 saturated carbocycles. The van der Waals surface area contributed by atoms with Gasteiger partial charge in [-0.25, -0.2) is 4.79 Å². The van der Waals surface area contributed by atoms with Crippen LogP contribution in [0.4, 0.5) is 5.69 Å². The van der Waals surface area contributed by atoms with Gasteiger partial charge < -0.3 is 9.64 Å². The number of hydrogen-bond donors (Lipinski definition) is 0. The maximum Gasteiger partial charge on any atom is 0.338 e. The van der Waals surface area contributed by atoms with Crippen molar-refractivity contribution in [2.24, 2.45) is 0 Å². The summed E-state index contributed by atoms with van der Waals surface area (Å²) in [6.45, 7) is 0.381. The Hall–Kier alpha value is -3.29. The van der Waals surface area contributed by atoms with Crippen LogP contribution in [-0.4, -0.2) is 47.4 Å². The molecule has 0 atom stereocenters. The summed E-state index contributed by atoms with van der Waals surface area (Å²) in [5.74, 6) is -1.17. The zero-order valence-corrected chi connectivity index (χ0v) is 13.8. The molecule has 0 aliphatic carbocycles. The quantitative estimate of drug-likeness (QED) is 0.452. The summed E-state index contributed by atoms with van der Waals surface area (Å²) >= 11 is 0. The minimum Gasteiger partial charge on any atom is -0.465 e. The molecule has 25 heavy (non-hydrogen) atoms. The molecule has 0 fully saturated rings. The number of pyridine rings is 1. The second-order valence-corrected chi connectivity index (χ2v) is 5.32. The van der Waals surface area contributed by atoms with Crippen LogP contribution >= 0.6 is 0 Å². The first-order chi connectivity index (χ1) is 11.9. The van der Waals surface area contributed by atoms with Crippen molar-refractivity contribution in [2.45, 2.75) is 6.42 Å². The van der Waals surface area contributed by atoms with Crippen LogP contribution in [0.5, 0.6) is 0 Å². The molecule has 8 nitrogen and oxygen atoms in total. The van der Waals surface area contributed by atoms with Crippen molar-refractivity contribution in [1.29, 1.82) is 0 Å². The van der Waals surface area contributed by atoms with E-state index < -0.39 is 16.8 Å². The summed E-state index contributed by atoms with van der Waals surface area (Å²) in [5, 5.41) is 11.0. The zero-order chi connectivity index (χ0) is 18.4. The number of non-ortho nitro benzene ring substituents is 1. The van der Waals surface area contributed by atoms with Gasteiger partial charge in [0.15, 0.2) is 0 Å².